The molecule has 1 N–H and O–H groups in total. The number of morpholine rings is 1. The molecule has 2 heterocycles. The zero-order valence-electron chi connectivity index (χ0n) is 22.1. The number of hydrogen-bond donors (Lipinski definition) is 1. The van der Waals surface area contributed by atoms with Crippen molar-refractivity contribution in [1.82, 2.24) is 9.80 Å². The second-order valence-electron chi connectivity index (χ2n) is 9.66. The number of likely N-dealkylation sites (tertiary alicyclic amines) is 1. The van der Waals surface area contributed by atoms with Gasteiger partial charge in [-0.05, 0) is 62.2 Å². The maximum Gasteiger partial charge on any atom is 0.295 e. The summed E-state index contributed by atoms with van der Waals surface area (Å²) in [4.78, 5) is 30.5. The number of ether oxygens (including phenoxy) is 3. The van der Waals surface area contributed by atoms with E-state index in [1.54, 1.807) is 35.2 Å². The molecule has 1 atom stereocenters. The molecule has 2 fully saturated rings. The normalized spacial score (nSPS) is 19.7. The Morgan fingerprint density at radius 1 is 1.11 bits per heavy atom. The highest BCUT2D eigenvalue weighted by Gasteiger charge is 2.46. The molecule has 38 heavy (non-hydrogen) atoms. The van der Waals surface area contributed by atoms with Gasteiger partial charge in [-0.1, -0.05) is 24.8 Å². The molecule has 2 saturated heterocycles. The molecule has 0 saturated carbocycles. The molecule has 0 aliphatic carbocycles. The summed E-state index contributed by atoms with van der Waals surface area (Å²) in [5.41, 5.74) is 1.20. The summed E-state index contributed by atoms with van der Waals surface area (Å²) in [5, 5.41) is 11.3. The third-order valence-corrected chi connectivity index (χ3v) is 6.56. The molecule has 1 amide bonds. The number of Topliss-reactive ketones (excluding diaryl/α,β-unsaturated/α-hetero) is 1. The summed E-state index contributed by atoms with van der Waals surface area (Å²) in [6, 6.07) is 13.4. The number of nitrogens with zero attached hydrogens (tertiary/aromatic N) is 2. The molecule has 0 radical (unpaired) electrons. The van der Waals surface area contributed by atoms with E-state index in [2.05, 4.69) is 11.5 Å². The molecule has 202 valence electrons. The number of carbonyl (C=O) groups excluding carboxylic acids is 2. The summed E-state index contributed by atoms with van der Waals surface area (Å²) in [5.74, 6) is -0.271. The van der Waals surface area contributed by atoms with E-state index >= 15 is 0 Å². The van der Waals surface area contributed by atoms with Gasteiger partial charge in [-0.25, -0.2) is 0 Å². The lowest BCUT2D eigenvalue weighted by Crippen LogP contribution is -2.38. The Morgan fingerprint density at radius 2 is 1.84 bits per heavy atom. The third kappa shape index (κ3) is 6.44. The number of hydrogen-bond acceptors (Lipinski definition) is 7. The van der Waals surface area contributed by atoms with Crippen LogP contribution in [0.2, 0.25) is 0 Å². The molecule has 2 aromatic carbocycles. The molecular formula is C30H36N2O6. The molecule has 2 aliphatic rings. The van der Waals surface area contributed by atoms with Crippen molar-refractivity contribution in [2.45, 2.75) is 32.4 Å². The van der Waals surface area contributed by atoms with Crippen LogP contribution in [0, 0.1) is 0 Å². The van der Waals surface area contributed by atoms with Crippen LogP contribution in [0.5, 0.6) is 11.5 Å². The van der Waals surface area contributed by atoms with Crippen LogP contribution in [0.3, 0.4) is 0 Å². The number of rotatable bonds is 11. The lowest BCUT2D eigenvalue weighted by atomic mass is 9.95. The smallest absolute Gasteiger partial charge is 0.295 e. The first-order valence-electron chi connectivity index (χ1n) is 13.1. The topological polar surface area (TPSA) is 88.5 Å². The highest BCUT2D eigenvalue weighted by atomic mass is 16.5. The molecule has 2 aliphatic heterocycles. The fourth-order valence-electron chi connectivity index (χ4n) is 4.80. The van der Waals surface area contributed by atoms with Crippen LogP contribution in [-0.4, -0.2) is 78.7 Å². The maximum atomic E-state index is 13.3. The monoisotopic (exact) mass is 520 g/mol. The lowest BCUT2D eigenvalue weighted by molar-refractivity contribution is -0.140. The summed E-state index contributed by atoms with van der Waals surface area (Å²) >= 11 is 0. The van der Waals surface area contributed by atoms with E-state index in [0.29, 0.717) is 55.4 Å². The highest BCUT2D eigenvalue weighted by Crippen LogP contribution is 2.40. The zero-order chi connectivity index (χ0) is 27.1. The number of benzene rings is 2. The molecule has 4 rings (SSSR count). The minimum absolute atomic E-state index is 0.00724. The standard InChI is InChI=1S/C30H36N2O6/c1-4-17-37-25-8-5-7-23(20-25)27-26(28(33)22-9-11-24(12-10-22)38-21(2)3)29(34)30(35)32(27)14-6-13-31-15-18-36-19-16-31/h4-5,7-12,20-21,27,33H,1,6,13-19H2,2-3H3/b28-26+/t27-/m0/s1. The van der Waals surface area contributed by atoms with Gasteiger partial charge in [0.15, 0.2) is 0 Å². The molecule has 0 aromatic heterocycles. The molecule has 0 bridgehead atoms. The Kier molecular flexibility index (Phi) is 9.20. The highest BCUT2D eigenvalue weighted by molar-refractivity contribution is 6.46. The minimum atomic E-state index is -0.737. The van der Waals surface area contributed by atoms with Crippen LogP contribution in [0.4, 0.5) is 0 Å². The van der Waals surface area contributed by atoms with Crippen molar-refractivity contribution in [3.63, 3.8) is 0 Å². The fourth-order valence-corrected chi connectivity index (χ4v) is 4.80. The van der Waals surface area contributed by atoms with Gasteiger partial charge in [-0.3, -0.25) is 14.5 Å². The molecule has 2 aromatic rings. The predicted molar refractivity (Wildman–Crippen MR) is 145 cm³/mol. The second-order valence-corrected chi connectivity index (χ2v) is 9.66. The average Bonchev–Trinajstić information content (AvgIpc) is 3.17. The number of aliphatic hydroxyl groups excluding tert-OH is 1. The van der Waals surface area contributed by atoms with E-state index in [9.17, 15) is 14.7 Å². The van der Waals surface area contributed by atoms with Crippen molar-refractivity contribution in [2.24, 2.45) is 0 Å². The van der Waals surface area contributed by atoms with Gasteiger partial charge in [0.2, 0.25) is 0 Å². The van der Waals surface area contributed by atoms with Crippen molar-refractivity contribution < 1.29 is 28.9 Å². The number of carbonyl (C=O) groups is 2. The van der Waals surface area contributed by atoms with Crippen LogP contribution >= 0.6 is 0 Å². The zero-order valence-corrected chi connectivity index (χ0v) is 22.1. The fraction of sp³-hybridized carbons (Fsp3) is 0.400. The van der Waals surface area contributed by atoms with E-state index in [1.165, 1.54) is 0 Å². The largest absolute Gasteiger partial charge is 0.507 e. The van der Waals surface area contributed by atoms with Gasteiger partial charge in [0.1, 0.15) is 23.9 Å². The van der Waals surface area contributed by atoms with E-state index in [0.717, 1.165) is 19.6 Å². The molecule has 0 spiro atoms. The Bertz CT molecular complexity index is 1170. The van der Waals surface area contributed by atoms with E-state index < -0.39 is 17.7 Å². The van der Waals surface area contributed by atoms with Gasteiger partial charge < -0.3 is 24.2 Å². The van der Waals surface area contributed by atoms with Gasteiger partial charge in [-0.2, -0.15) is 0 Å². The molecular weight excluding hydrogens is 484 g/mol. The first-order valence-corrected chi connectivity index (χ1v) is 13.1. The van der Waals surface area contributed by atoms with Crippen LogP contribution in [0.25, 0.3) is 5.76 Å². The van der Waals surface area contributed by atoms with Crippen LogP contribution in [0.15, 0.2) is 66.8 Å². The Morgan fingerprint density at radius 3 is 2.53 bits per heavy atom. The molecule has 8 heteroatoms. The SMILES string of the molecule is C=CCOc1cccc([C@H]2/C(=C(\O)c3ccc(OC(C)C)cc3)C(=O)C(=O)N2CCCN2CCOCC2)c1. The van der Waals surface area contributed by atoms with Crippen molar-refractivity contribution in [3.8, 4) is 11.5 Å². The quantitative estimate of drug-likeness (QED) is 0.206. The van der Waals surface area contributed by atoms with Crippen molar-refractivity contribution in [2.75, 3.05) is 46.0 Å². The van der Waals surface area contributed by atoms with Gasteiger partial charge in [0, 0.05) is 31.7 Å². The van der Waals surface area contributed by atoms with Gasteiger partial charge in [-0.15, -0.1) is 0 Å². The van der Waals surface area contributed by atoms with Crippen LogP contribution < -0.4 is 9.47 Å². The van der Waals surface area contributed by atoms with E-state index in [-0.39, 0.29) is 17.4 Å². The molecule has 0 unspecified atom stereocenters. The van der Waals surface area contributed by atoms with Crippen LogP contribution in [-0.2, 0) is 14.3 Å². The van der Waals surface area contributed by atoms with E-state index in [1.807, 2.05) is 38.1 Å². The summed E-state index contributed by atoms with van der Waals surface area (Å²) in [6.07, 6.45) is 2.35. The number of ketones is 1. The first-order chi connectivity index (χ1) is 18.4. The minimum Gasteiger partial charge on any atom is -0.507 e. The van der Waals surface area contributed by atoms with Crippen molar-refractivity contribution in [3.05, 3.63) is 77.9 Å². The predicted octanol–water partition coefficient (Wildman–Crippen LogP) is 4.18. The Balaban J connectivity index is 1.67. The van der Waals surface area contributed by atoms with Gasteiger partial charge in [0.05, 0.1) is 30.9 Å². The Hall–Kier alpha value is -3.62. The maximum absolute atomic E-state index is 13.3. The average molecular weight is 521 g/mol. The molecule has 8 nitrogen and oxygen atoms in total. The van der Waals surface area contributed by atoms with Gasteiger partial charge in [0.25, 0.3) is 11.7 Å². The number of amides is 1. The lowest BCUT2D eigenvalue weighted by Gasteiger charge is -2.29. The van der Waals surface area contributed by atoms with Gasteiger partial charge >= 0.3 is 0 Å². The Labute approximate surface area is 224 Å². The summed E-state index contributed by atoms with van der Waals surface area (Å²) in [7, 11) is 0. The van der Waals surface area contributed by atoms with E-state index in [4.69, 9.17) is 14.2 Å². The van der Waals surface area contributed by atoms with Crippen LogP contribution in [0.1, 0.15) is 37.4 Å². The summed E-state index contributed by atoms with van der Waals surface area (Å²) < 4.78 is 16.8. The third-order valence-electron chi connectivity index (χ3n) is 6.56. The van der Waals surface area contributed by atoms with Crippen molar-refractivity contribution >= 4 is 17.4 Å². The summed E-state index contributed by atoms with van der Waals surface area (Å²) in [6.45, 7) is 12.1. The number of aliphatic hydroxyl groups is 1. The van der Waals surface area contributed by atoms with Crippen molar-refractivity contribution in [1.29, 1.82) is 0 Å². The first kappa shape index (κ1) is 27.4. The second kappa shape index (κ2) is 12.8.